The van der Waals surface area contributed by atoms with Gasteiger partial charge < -0.3 is 15.0 Å². The number of carbonyl (C=O) groups is 3. The van der Waals surface area contributed by atoms with E-state index >= 15 is 0 Å². The van der Waals surface area contributed by atoms with Crippen LogP contribution in [0.2, 0.25) is 0 Å². The Morgan fingerprint density at radius 2 is 1.45 bits per heavy atom. The van der Waals surface area contributed by atoms with Gasteiger partial charge in [0.15, 0.2) is 0 Å². The quantitative estimate of drug-likeness (QED) is 0.488. The molecule has 2 heterocycles. The first-order valence-electron chi connectivity index (χ1n) is 12.3. The first-order valence-corrected chi connectivity index (χ1v) is 12.3. The highest BCUT2D eigenvalue weighted by Gasteiger charge is 2.40. The highest BCUT2D eigenvalue weighted by molar-refractivity contribution is 5.91. The third-order valence-corrected chi connectivity index (χ3v) is 6.44. The molecule has 0 spiro atoms. The van der Waals surface area contributed by atoms with Crippen molar-refractivity contribution in [1.29, 1.82) is 0 Å². The van der Waals surface area contributed by atoms with Crippen LogP contribution in [0.3, 0.4) is 0 Å². The van der Waals surface area contributed by atoms with E-state index in [2.05, 4.69) is 5.32 Å². The largest absolute Gasteiger partial charge is 0.444 e. The van der Waals surface area contributed by atoms with E-state index < -0.39 is 52.8 Å². The van der Waals surface area contributed by atoms with Crippen LogP contribution in [-0.2, 0) is 26.7 Å². The maximum atomic E-state index is 13.1. The number of alkyl halides is 6. The summed E-state index contributed by atoms with van der Waals surface area (Å²) in [5, 5.41) is 2.15. The lowest BCUT2D eigenvalue weighted by Gasteiger charge is -2.35. The molecule has 0 aliphatic carbocycles. The highest BCUT2D eigenvalue weighted by Crippen LogP contribution is 2.37. The van der Waals surface area contributed by atoms with Crippen molar-refractivity contribution >= 4 is 23.6 Å². The minimum atomic E-state index is -5.02. The predicted octanol–water partition coefficient (Wildman–Crippen LogP) is 5.69. The van der Waals surface area contributed by atoms with Crippen LogP contribution in [0.15, 0.2) is 18.2 Å². The fourth-order valence-corrected chi connectivity index (χ4v) is 4.63. The molecule has 2 aliphatic heterocycles. The number of amides is 3. The summed E-state index contributed by atoms with van der Waals surface area (Å²) < 4.78 is 83.8. The number of hydrogen-bond donors (Lipinski definition) is 1. The van der Waals surface area contributed by atoms with Crippen molar-refractivity contribution in [2.45, 2.75) is 76.9 Å². The summed E-state index contributed by atoms with van der Waals surface area (Å²) in [6, 6.07) is 0.295. The van der Waals surface area contributed by atoms with Gasteiger partial charge in [0.05, 0.1) is 11.1 Å². The molecule has 3 amide bonds. The van der Waals surface area contributed by atoms with Gasteiger partial charge in [-0.05, 0) is 70.6 Å². The molecule has 0 radical (unpaired) electrons. The Bertz CT molecular complexity index is 1010. The van der Waals surface area contributed by atoms with Gasteiger partial charge in [-0.2, -0.15) is 26.3 Å². The van der Waals surface area contributed by atoms with Crippen LogP contribution in [0.1, 0.15) is 64.0 Å². The van der Waals surface area contributed by atoms with Gasteiger partial charge in [0, 0.05) is 31.7 Å². The number of benzene rings is 1. The van der Waals surface area contributed by atoms with E-state index in [1.54, 1.807) is 25.7 Å². The zero-order chi connectivity index (χ0) is 28.5. The minimum Gasteiger partial charge on any atom is -0.444 e. The van der Waals surface area contributed by atoms with Crippen LogP contribution in [0.25, 0.3) is 0 Å². The Labute approximate surface area is 216 Å². The summed E-state index contributed by atoms with van der Waals surface area (Å²) >= 11 is 0. The molecule has 1 atom stereocenters. The lowest BCUT2D eigenvalue weighted by molar-refractivity contribution is -0.143. The van der Waals surface area contributed by atoms with E-state index in [0.717, 1.165) is 0 Å². The lowest BCUT2D eigenvalue weighted by Crippen LogP contribution is -2.51. The van der Waals surface area contributed by atoms with E-state index in [0.29, 0.717) is 57.5 Å². The van der Waals surface area contributed by atoms with Crippen molar-refractivity contribution < 1.29 is 45.5 Å². The van der Waals surface area contributed by atoms with Crippen LogP contribution in [0.4, 0.5) is 36.8 Å². The third kappa shape index (κ3) is 7.76. The molecule has 2 fully saturated rings. The molecule has 2 saturated heterocycles. The molecule has 38 heavy (non-hydrogen) atoms. The van der Waals surface area contributed by atoms with Crippen molar-refractivity contribution in [3.8, 4) is 0 Å². The summed E-state index contributed by atoms with van der Waals surface area (Å²) in [7, 11) is 0. The second-order valence-corrected chi connectivity index (χ2v) is 10.6. The maximum Gasteiger partial charge on any atom is 0.416 e. The molecule has 7 nitrogen and oxygen atoms in total. The average molecular weight is 552 g/mol. The van der Waals surface area contributed by atoms with Gasteiger partial charge >= 0.3 is 18.4 Å². The lowest BCUT2D eigenvalue weighted by atomic mass is 9.92. The molecule has 13 heteroatoms. The molecule has 212 valence electrons. The molecular formula is C25H31F6N3O4. The number of anilines is 1. The van der Waals surface area contributed by atoms with Gasteiger partial charge in [-0.1, -0.05) is 0 Å². The van der Waals surface area contributed by atoms with E-state index in [1.165, 1.54) is 4.90 Å². The van der Waals surface area contributed by atoms with Crippen LogP contribution < -0.4 is 5.32 Å². The summed E-state index contributed by atoms with van der Waals surface area (Å²) in [5.41, 5.74) is -4.31. The van der Waals surface area contributed by atoms with Gasteiger partial charge in [0.1, 0.15) is 11.6 Å². The molecule has 1 unspecified atom stereocenters. The number of ether oxygens (including phenoxy) is 1. The Balaban J connectivity index is 1.56. The molecule has 0 saturated carbocycles. The Morgan fingerprint density at radius 3 is 1.95 bits per heavy atom. The number of carbonyl (C=O) groups excluding carboxylic acids is 3. The fourth-order valence-electron chi connectivity index (χ4n) is 4.63. The fraction of sp³-hybridized carbons (Fsp3) is 0.640. The number of likely N-dealkylation sites (tertiary alicyclic amines) is 2. The molecule has 1 N–H and O–H groups in total. The Kier molecular flexibility index (Phi) is 8.57. The minimum absolute atomic E-state index is 0.00329. The van der Waals surface area contributed by atoms with Crippen LogP contribution >= 0.6 is 0 Å². The second-order valence-electron chi connectivity index (χ2n) is 10.6. The summed E-state index contributed by atoms with van der Waals surface area (Å²) in [5.74, 6) is -1.13. The predicted molar refractivity (Wildman–Crippen MR) is 125 cm³/mol. The monoisotopic (exact) mass is 551 g/mol. The topological polar surface area (TPSA) is 79.0 Å². The second kappa shape index (κ2) is 11.0. The van der Waals surface area contributed by atoms with E-state index in [-0.39, 0.29) is 24.3 Å². The van der Waals surface area contributed by atoms with Gasteiger partial charge in [-0.3, -0.25) is 14.5 Å². The van der Waals surface area contributed by atoms with Crippen molar-refractivity contribution in [3.05, 3.63) is 29.3 Å². The number of hydrogen-bond acceptors (Lipinski definition) is 4. The third-order valence-electron chi connectivity index (χ3n) is 6.44. The number of piperidine rings is 1. The van der Waals surface area contributed by atoms with Gasteiger partial charge in [0.25, 0.3) is 0 Å². The first-order chi connectivity index (χ1) is 17.4. The Hall–Kier alpha value is -2.99. The molecular weight excluding hydrogens is 520 g/mol. The number of nitrogens with zero attached hydrogens (tertiary/aromatic N) is 2. The maximum absolute atomic E-state index is 13.1. The molecule has 2 aliphatic rings. The molecule has 0 bridgehead atoms. The van der Waals surface area contributed by atoms with E-state index in [9.17, 15) is 40.7 Å². The van der Waals surface area contributed by atoms with Gasteiger partial charge in [-0.15, -0.1) is 0 Å². The highest BCUT2D eigenvalue weighted by atomic mass is 19.4. The Morgan fingerprint density at radius 1 is 0.895 bits per heavy atom. The van der Waals surface area contributed by atoms with Crippen molar-refractivity contribution in [3.63, 3.8) is 0 Å². The number of halogens is 6. The smallest absolute Gasteiger partial charge is 0.416 e. The zero-order valence-corrected chi connectivity index (χ0v) is 21.3. The zero-order valence-electron chi connectivity index (χ0n) is 21.3. The van der Waals surface area contributed by atoms with Crippen LogP contribution in [0, 0.1) is 5.92 Å². The first kappa shape index (κ1) is 29.6. The van der Waals surface area contributed by atoms with Crippen LogP contribution in [0.5, 0.6) is 0 Å². The van der Waals surface area contributed by atoms with Gasteiger partial charge in [-0.25, -0.2) is 4.79 Å². The summed E-state index contributed by atoms with van der Waals surface area (Å²) in [6.07, 6.45) is -8.67. The van der Waals surface area contributed by atoms with Crippen molar-refractivity contribution in [2.75, 3.05) is 25.0 Å². The molecule has 3 rings (SSSR count). The summed E-state index contributed by atoms with van der Waals surface area (Å²) in [6.45, 7) is 6.25. The average Bonchev–Trinajstić information content (AvgIpc) is 3.27. The van der Waals surface area contributed by atoms with Crippen molar-refractivity contribution in [2.24, 2.45) is 5.92 Å². The molecule has 1 aromatic carbocycles. The standard InChI is InChI=1S/C25H31F6N3O4/c1-23(2,3)38-22(37)34-8-4-5-19(34)21(36)33-9-6-15(7-10-33)11-20(35)32-18-13-16(24(26,27)28)12-17(14-18)25(29,30)31/h12-15,19H,4-11H2,1-3H3,(H,32,35). The summed E-state index contributed by atoms with van der Waals surface area (Å²) in [4.78, 5) is 41.1. The van der Waals surface area contributed by atoms with Crippen LogP contribution in [-0.4, -0.2) is 59.0 Å². The SMILES string of the molecule is CC(C)(C)OC(=O)N1CCCC1C(=O)N1CCC(CC(=O)Nc2cc(C(F)(F)F)cc(C(F)(F)F)c2)CC1. The normalized spacial score (nSPS) is 19.4. The number of rotatable bonds is 4. The molecule has 0 aromatic heterocycles. The van der Waals surface area contributed by atoms with Crippen molar-refractivity contribution in [1.82, 2.24) is 9.80 Å². The van der Waals surface area contributed by atoms with E-state index in [1.807, 2.05) is 0 Å². The van der Waals surface area contributed by atoms with Gasteiger partial charge in [0.2, 0.25) is 11.8 Å². The molecule has 1 aromatic rings. The van der Waals surface area contributed by atoms with E-state index in [4.69, 9.17) is 4.74 Å². The number of nitrogens with one attached hydrogen (secondary N) is 1.